The van der Waals surface area contributed by atoms with Crippen LogP contribution in [0.4, 0.5) is 5.95 Å². The van der Waals surface area contributed by atoms with Gasteiger partial charge in [0, 0.05) is 50.2 Å². The SMILES string of the molecule is O=C(c1cccnc1)N1CCc2nc(NCc3cccc(Oc4ccccc4)c3)ncc2C1. The maximum Gasteiger partial charge on any atom is 0.255 e. The Morgan fingerprint density at radius 3 is 2.73 bits per heavy atom. The van der Waals surface area contributed by atoms with Gasteiger partial charge in [0.05, 0.1) is 11.3 Å². The summed E-state index contributed by atoms with van der Waals surface area (Å²) in [6.45, 7) is 1.70. The molecule has 0 unspecified atom stereocenters. The number of amides is 1. The number of pyridine rings is 1. The lowest BCUT2D eigenvalue weighted by Gasteiger charge is -2.28. The van der Waals surface area contributed by atoms with Gasteiger partial charge in [-0.3, -0.25) is 9.78 Å². The van der Waals surface area contributed by atoms with E-state index in [-0.39, 0.29) is 5.91 Å². The van der Waals surface area contributed by atoms with Crippen molar-refractivity contribution in [3.63, 3.8) is 0 Å². The van der Waals surface area contributed by atoms with Crippen LogP contribution < -0.4 is 10.1 Å². The molecule has 0 radical (unpaired) electrons. The van der Waals surface area contributed by atoms with Crippen LogP contribution in [0.1, 0.15) is 27.2 Å². The largest absolute Gasteiger partial charge is 0.457 e. The van der Waals surface area contributed by atoms with Crippen molar-refractivity contribution < 1.29 is 9.53 Å². The molecule has 3 heterocycles. The summed E-state index contributed by atoms with van der Waals surface area (Å²) in [7, 11) is 0. The molecular weight excluding hydrogens is 414 g/mol. The second-order valence-corrected chi connectivity index (χ2v) is 7.80. The third kappa shape index (κ3) is 4.98. The van der Waals surface area contributed by atoms with E-state index in [0.29, 0.717) is 37.6 Å². The lowest BCUT2D eigenvalue weighted by Crippen LogP contribution is -2.36. The molecule has 5 rings (SSSR count). The molecule has 4 aromatic rings. The van der Waals surface area contributed by atoms with Crippen LogP contribution in [0.5, 0.6) is 11.5 Å². The molecule has 1 aliphatic heterocycles. The van der Waals surface area contributed by atoms with Gasteiger partial charge in [0.25, 0.3) is 5.91 Å². The average Bonchev–Trinajstić information content (AvgIpc) is 2.88. The summed E-state index contributed by atoms with van der Waals surface area (Å²) in [4.78, 5) is 27.7. The standard InChI is InChI=1S/C26H23N5O2/c32-25(20-7-5-12-27-16-20)31-13-11-24-21(18-31)17-29-26(30-24)28-15-19-6-4-10-23(14-19)33-22-8-2-1-3-9-22/h1-10,12,14,16-17H,11,13,15,18H2,(H,28,29,30). The third-order valence-electron chi connectivity index (χ3n) is 5.46. The Balaban J connectivity index is 1.21. The monoisotopic (exact) mass is 437 g/mol. The number of benzene rings is 2. The average molecular weight is 438 g/mol. The maximum absolute atomic E-state index is 12.7. The zero-order chi connectivity index (χ0) is 22.5. The van der Waals surface area contributed by atoms with Crippen LogP contribution in [0.2, 0.25) is 0 Å². The number of nitrogens with one attached hydrogen (secondary N) is 1. The van der Waals surface area contributed by atoms with E-state index < -0.39 is 0 Å². The van der Waals surface area contributed by atoms with Crippen LogP contribution in [0.15, 0.2) is 85.3 Å². The first-order valence-electron chi connectivity index (χ1n) is 10.8. The molecule has 0 spiro atoms. The number of fused-ring (bicyclic) bond motifs is 1. The first-order valence-corrected chi connectivity index (χ1v) is 10.8. The van der Waals surface area contributed by atoms with Gasteiger partial charge in [-0.05, 0) is 42.0 Å². The summed E-state index contributed by atoms with van der Waals surface area (Å²) in [5, 5.41) is 3.30. The lowest BCUT2D eigenvalue weighted by atomic mass is 10.1. The van der Waals surface area contributed by atoms with Gasteiger partial charge in [0.2, 0.25) is 5.95 Å². The molecule has 2 aromatic carbocycles. The van der Waals surface area contributed by atoms with Crippen molar-refractivity contribution in [2.24, 2.45) is 0 Å². The fraction of sp³-hybridized carbons (Fsp3) is 0.154. The van der Waals surface area contributed by atoms with Gasteiger partial charge in [-0.15, -0.1) is 0 Å². The highest BCUT2D eigenvalue weighted by atomic mass is 16.5. The number of aromatic nitrogens is 3. The highest BCUT2D eigenvalue weighted by molar-refractivity contribution is 5.94. The maximum atomic E-state index is 12.7. The molecule has 7 heteroatoms. The highest BCUT2D eigenvalue weighted by Crippen LogP contribution is 2.23. The quantitative estimate of drug-likeness (QED) is 0.479. The predicted octanol–water partition coefficient (Wildman–Crippen LogP) is 4.47. The number of rotatable bonds is 6. The van der Waals surface area contributed by atoms with Crippen LogP contribution in [0.25, 0.3) is 0 Å². The normalized spacial score (nSPS) is 12.7. The molecule has 0 aliphatic carbocycles. The van der Waals surface area contributed by atoms with Gasteiger partial charge in [-0.25, -0.2) is 9.97 Å². The van der Waals surface area contributed by atoms with E-state index in [1.807, 2.05) is 65.7 Å². The van der Waals surface area contributed by atoms with E-state index in [0.717, 1.165) is 28.3 Å². The smallest absolute Gasteiger partial charge is 0.255 e. The summed E-state index contributed by atoms with van der Waals surface area (Å²) in [6, 6.07) is 21.2. The summed E-state index contributed by atoms with van der Waals surface area (Å²) in [5.41, 5.74) is 3.61. The van der Waals surface area contributed by atoms with Crippen molar-refractivity contribution in [1.82, 2.24) is 19.9 Å². The van der Waals surface area contributed by atoms with E-state index in [9.17, 15) is 4.79 Å². The first kappa shape index (κ1) is 20.6. The Kier molecular flexibility index (Phi) is 5.93. The van der Waals surface area contributed by atoms with Crippen LogP contribution in [-0.2, 0) is 19.5 Å². The van der Waals surface area contributed by atoms with Crippen molar-refractivity contribution in [2.75, 3.05) is 11.9 Å². The van der Waals surface area contributed by atoms with E-state index in [4.69, 9.17) is 4.74 Å². The molecule has 1 aliphatic rings. The molecule has 0 atom stereocenters. The first-order chi connectivity index (χ1) is 16.2. The van der Waals surface area contributed by atoms with Crippen LogP contribution in [0, 0.1) is 0 Å². The van der Waals surface area contributed by atoms with Crippen LogP contribution in [0.3, 0.4) is 0 Å². The van der Waals surface area contributed by atoms with Crippen molar-refractivity contribution in [2.45, 2.75) is 19.5 Å². The van der Waals surface area contributed by atoms with Crippen molar-refractivity contribution >= 4 is 11.9 Å². The Labute approximate surface area is 192 Å². The Morgan fingerprint density at radius 1 is 1.00 bits per heavy atom. The number of para-hydroxylation sites is 1. The van der Waals surface area contributed by atoms with Crippen molar-refractivity contribution in [1.29, 1.82) is 0 Å². The van der Waals surface area contributed by atoms with E-state index in [2.05, 4.69) is 20.3 Å². The predicted molar refractivity (Wildman–Crippen MR) is 125 cm³/mol. The van der Waals surface area contributed by atoms with Crippen LogP contribution >= 0.6 is 0 Å². The molecule has 0 bridgehead atoms. The molecule has 0 saturated carbocycles. The second-order valence-electron chi connectivity index (χ2n) is 7.80. The van der Waals surface area contributed by atoms with Gasteiger partial charge < -0.3 is 15.0 Å². The Bertz CT molecular complexity index is 1250. The van der Waals surface area contributed by atoms with E-state index >= 15 is 0 Å². The van der Waals surface area contributed by atoms with Crippen molar-refractivity contribution in [3.8, 4) is 11.5 Å². The number of carbonyl (C=O) groups is 1. The lowest BCUT2D eigenvalue weighted by molar-refractivity contribution is 0.0733. The summed E-state index contributed by atoms with van der Waals surface area (Å²) >= 11 is 0. The number of hydrogen-bond acceptors (Lipinski definition) is 6. The zero-order valence-corrected chi connectivity index (χ0v) is 18.0. The summed E-state index contributed by atoms with van der Waals surface area (Å²) in [5.74, 6) is 2.14. The molecule has 33 heavy (non-hydrogen) atoms. The number of anilines is 1. The fourth-order valence-corrected chi connectivity index (χ4v) is 3.77. The van der Waals surface area contributed by atoms with E-state index in [1.165, 1.54) is 0 Å². The zero-order valence-electron chi connectivity index (χ0n) is 18.0. The molecule has 164 valence electrons. The minimum absolute atomic E-state index is 0.0199. The highest BCUT2D eigenvalue weighted by Gasteiger charge is 2.23. The van der Waals surface area contributed by atoms with Gasteiger partial charge in [-0.1, -0.05) is 30.3 Å². The molecule has 2 aromatic heterocycles. The summed E-state index contributed by atoms with van der Waals surface area (Å²) in [6.07, 6.45) is 5.76. The molecule has 1 N–H and O–H groups in total. The number of carbonyl (C=O) groups excluding carboxylic acids is 1. The third-order valence-corrected chi connectivity index (χ3v) is 5.46. The minimum atomic E-state index is -0.0199. The number of ether oxygens (including phenoxy) is 1. The molecule has 7 nitrogen and oxygen atoms in total. The summed E-state index contributed by atoms with van der Waals surface area (Å²) < 4.78 is 5.91. The van der Waals surface area contributed by atoms with Crippen LogP contribution in [-0.4, -0.2) is 32.3 Å². The van der Waals surface area contributed by atoms with Crippen molar-refractivity contribution in [3.05, 3.63) is 108 Å². The number of hydrogen-bond donors (Lipinski definition) is 1. The molecule has 1 amide bonds. The number of nitrogens with zero attached hydrogens (tertiary/aromatic N) is 4. The van der Waals surface area contributed by atoms with Gasteiger partial charge in [-0.2, -0.15) is 0 Å². The van der Waals surface area contributed by atoms with Gasteiger partial charge >= 0.3 is 0 Å². The molecule has 0 fully saturated rings. The fourth-order valence-electron chi connectivity index (χ4n) is 3.77. The molecule has 0 saturated heterocycles. The Hall–Kier alpha value is -4.26. The van der Waals surface area contributed by atoms with E-state index in [1.54, 1.807) is 24.5 Å². The molecular formula is C26H23N5O2. The second kappa shape index (κ2) is 9.48. The minimum Gasteiger partial charge on any atom is -0.457 e. The van der Waals surface area contributed by atoms with Gasteiger partial charge in [0.15, 0.2) is 0 Å². The topological polar surface area (TPSA) is 80.2 Å². The van der Waals surface area contributed by atoms with Gasteiger partial charge in [0.1, 0.15) is 11.5 Å². The Morgan fingerprint density at radius 2 is 1.88 bits per heavy atom.